The molecule has 0 saturated carbocycles. The van der Waals surface area contributed by atoms with E-state index in [0.717, 1.165) is 27.9 Å². The van der Waals surface area contributed by atoms with Crippen LogP contribution in [-0.2, 0) is 6.42 Å². The summed E-state index contributed by atoms with van der Waals surface area (Å²) in [5.74, 6) is 0.113. The summed E-state index contributed by atoms with van der Waals surface area (Å²) < 4.78 is 13.3. The molecule has 0 unspecified atom stereocenters. The zero-order valence-corrected chi connectivity index (χ0v) is 19.2. The molecule has 0 aliphatic carbocycles. The van der Waals surface area contributed by atoms with E-state index in [2.05, 4.69) is 31.3 Å². The number of benzene rings is 2. The van der Waals surface area contributed by atoms with Crippen LogP contribution in [0.4, 0.5) is 16.0 Å². The number of aromatic nitrogens is 3. The van der Waals surface area contributed by atoms with Gasteiger partial charge in [0, 0.05) is 40.7 Å². The molecule has 0 bridgehead atoms. The Balaban J connectivity index is 1.60. The van der Waals surface area contributed by atoms with Gasteiger partial charge in [-0.25, -0.2) is 14.4 Å². The van der Waals surface area contributed by atoms with Crippen LogP contribution in [0, 0.1) is 19.7 Å². The molecule has 0 amide bonds. The molecule has 0 aliphatic heterocycles. The predicted molar refractivity (Wildman–Crippen MR) is 134 cm³/mol. The van der Waals surface area contributed by atoms with E-state index in [-0.39, 0.29) is 17.7 Å². The maximum Gasteiger partial charge on any atom is 0.253 e. The minimum Gasteiger partial charge on any atom is -0.369 e. The number of hydrogen-bond donors (Lipinski definition) is 3. The van der Waals surface area contributed by atoms with Gasteiger partial charge < -0.3 is 16.0 Å². The first-order valence-corrected chi connectivity index (χ1v) is 10.9. The summed E-state index contributed by atoms with van der Waals surface area (Å²) in [6, 6.07) is 15.9. The second-order valence-electron chi connectivity index (χ2n) is 7.62. The maximum atomic E-state index is 13.3. The summed E-state index contributed by atoms with van der Waals surface area (Å²) in [7, 11) is 0. The number of halogens is 1. The van der Waals surface area contributed by atoms with E-state index in [1.54, 1.807) is 17.0 Å². The average molecular weight is 462 g/mol. The van der Waals surface area contributed by atoms with Crippen LogP contribution < -0.4 is 11.1 Å². The van der Waals surface area contributed by atoms with Crippen molar-refractivity contribution in [1.29, 1.82) is 0 Å². The van der Waals surface area contributed by atoms with Crippen molar-refractivity contribution >= 4 is 45.8 Å². The fourth-order valence-electron chi connectivity index (χ4n) is 3.54. The van der Waals surface area contributed by atoms with E-state index < -0.39 is 0 Å². The highest BCUT2D eigenvalue weighted by molar-refractivity contribution is 7.80. The number of thiocarbonyl (C=S) groups is 1. The Morgan fingerprint density at radius 1 is 1.12 bits per heavy atom. The van der Waals surface area contributed by atoms with Gasteiger partial charge in [0.1, 0.15) is 5.82 Å². The van der Waals surface area contributed by atoms with E-state index in [1.807, 2.05) is 44.3 Å². The summed E-state index contributed by atoms with van der Waals surface area (Å²) in [5.41, 5.74) is 10.8. The molecule has 7 nitrogen and oxygen atoms in total. The van der Waals surface area contributed by atoms with Gasteiger partial charge in [0.15, 0.2) is 5.11 Å². The molecule has 0 aliphatic rings. The standard InChI is InChI=1S/C24H24FN7S/c1-15-13-16(2)29-23(28-15)31-22(26)32(24(33)30-19-9-7-18(25)8-10-19)12-11-17-14-27-21-6-4-3-5-20(17)21/h3-10,13-14,27H,11-12H2,1-2H3,(H,30,33)(H2,26,28,29,31). The van der Waals surface area contributed by atoms with Crippen LogP contribution in [0.5, 0.6) is 0 Å². The third-order valence-corrected chi connectivity index (χ3v) is 5.40. The summed E-state index contributed by atoms with van der Waals surface area (Å²) in [6.45, 7) is 4.22. The van der Waals surface area contributed by atoms with E-state index in [9.17, 15) is 4.39 Å². The molecule has 2 aromatic carbocycles. The van der Waals surface area contributed by atoms with Crippen LogP contribution in [0.2, 0.25) is 0 Å². The Hall–Kier alpha value is -3.85. The zero-order valence-electron chi connectivity index (χ0n) is 18.3. The van der Waals surface area contributed by atoms with Gasteiger partial charge in [-0.15, -0.1) is 0 Å². The van der Waals surface area contributed by atoms with Gasteiger partial charge in [-0.2, -0.15) is 4.99 Å². The lowest BCUT2D eigenvalue weighted by atomic mass is 10.1. The topological polar surface area (TPSA) is 95.2 Å². The lowest BCUT2D eigenvalue weighted by Gasteiger charge is -2.24. The number of aliphatic imine (C=N–C) groups is 1. The normalized spacial score (nSPS) is 11.5. The molecule has 168 valence electrons. The summed E-state index contributed by atoms with van der Waals surface area (Å²) in [4.78, 5) is 18.1. The Morgan fingerprint density at radius 3 is 2.55 bits per heavy atom. The molecule has 0 saturated heterocycles. The molecule has 9 heteroatoms. The number of rotatable bonds is 5. The van der Waals surface area contributed by atoms with Crippen molar-refractivity contribution in [2.75, 3.05) is 11.9 Å². The van der Waals surface area contributed by atoms with Gasteiger partial charge >= 0.3 is 0 Å². The lowest BCUT2D eigenvalue weighted by molar-refractivity contribution is 0.607. The molecule has 4 rings (SSSR count). The second kappa shape index (κ2) is 9.74. The van der Waals surface area contributed by atoms with Crippen molar-refractivity contribution in [3.63, 3.8) is 0 Å². The first kappa shape index (κ1) is 22.3. The number of guanidine groups is 1. The Kier molecular flexibility index (Phi) is 6.60. The number of nitrogens with zero attached hydrogens (tertiary/aromatic N) is 4. The first-order chi connectivity index (χ1) is 15.9. The predicted octanol–water partition coefficient (Wildman–Crippen LogP) is 4.60. The maximum absolute atomic E-state index is 13.3. The molecular weight excluding hydrogens is 437 g/mol. The molecule has 2 aromatic heterocycles. The van der Waals surface area contributed by atoms with Crippen LogP contribution in [0.25, 0.3) is 10.9 Å². The third kappa shape index (κ3) is 5.50. The van der Waals surface area contributed by atoms with Crippen LogP contribution in [-0.4, -0.2) is 37.5 Å². The number of hydrogen-bond acceptors (Lipinski definition) is 4. The van der Waals surface area contributed by atoms with Crippen LogP contribution >= 0.6 is 12.2 Å². The van der Waals surface area contributed by atoms with E-state index in [1.165, 1.54) is 12.1 Å². The number of anilines is 1. The monoisotopic (exact) mass is 461 g/mol. The summed E-state index contributed by atoms with van der Waals surface area (Å²) in [6.07, 6.45) is 2.65. The second-order valence-corrected chi connectivity index (χ2v) is 8.01. The fraction of sp³-hybridized carbons (Fsp3) is 0.167. The first-order valence-electron chi connectivity index (χ1n) is 10.4. The SMILES string of the molecule is Cc1cc(C)nc(N=C(N)N(CCc2c[nH]c3ccccc23)C(=S)Nc2ccc(F)cc2)n1. The number of aryl methyl sites for hydroxylation is 2. The smallest absolute Gasteiger partial charge is 0.253 e. The summed E-state index contributed by atoms with van der Waals surface area (Å²) in [5, 5.41) is 4.59. The van der Waals surface area contributed by atoms with Crippen molar-refractivity contribution in [3.8, 4) is 0 Å². The number of nitrogens with two attached hydrogens (primary N) is 1. The molecule has 4 aromatic rings. The van der Waals surface area contributed by atoms with Crippen molar-refractivity contribution in [2.45, 2.75) is 20.3 Å². The Morgan fingerprint density at radius 2 is 1.82 bits per heavy atom. The van der Waals surface area contributed by atoms with Gasteiger partial charge in [-0.1, -0.05) is 18.2 Å². The lowest BCUT2D eigenvalue weighted by Crippen LogP contribution is -2.45. The highest BCUT2D eigenvalue weighted by atomic mass is 32.1. The van der Waals surface area contributed by atoms with Gasteiger partial charge in [0.25, 0.3) is 5.95 Å². The van der Waals surface area contributed by atoms with Gasteiger partial charge in [-0.05, 0) is 74.4 Å². The van der Waals surface area contributed by atoms with Crippen molar-refractivity contribution in [1.82, 2.24) is 19.9 Å². The summed E-state index contributed by atoms with van der Waals surface area (Å²) >= 11 is 5.64. The van der Waals surface area contributed by atoms with Gasteiger partial charge in [0.05, 0.1) is 0 Å². The fourth-order valence-corrected chi connectivity index (χ4v) is 3.84. The molecule has 0 spiro atoms. The minimum absolute atomic E-state index is 0.166. The van der Waals surface area contributed by atoms with Crippen LogP contribution in [0.1, 0.15) is 17.0 Å². The molecule has 33 heavy (non-hydrogen) atoms. The number of aromatic amines is 1. The van der Waals surface area contributed by atoms with E-state index in [4.69, 9.17) is 18.0 Å². The number of H-pyrrole nitrogens is 1. The van der Waals surface area contributed by atoms with E-state index >= 15 is 0 Å². The van der Waals surface area contributed by atoms with Crippen LogP contribution in [0.15, 0.2) is 65.8 Å². The average Bonchev–Trinajstić information content (AvgIpc) is 3.18. The quantitative estimate of drug-likeness (QED) is 0.228. The number of nitrogens with one attached hydrogen (secondary N) is 2. The molecule has 0 atom stereocenters. The molecule has 0 radical (unpaired) electrons. The largest absolute Gasteiger partial charge is 0.369 e. The molecule has 4 N–H and O–H groups in total. The Labute approximate surface area is 196 Å². The van der Waals surface area contributed by atoms with Crippen molar-refractivity contribution < 1.29 is 4.39 Å². The minimum atomic E-state index is -0.323. The zero-order chi connectivity index (χ0) is 23.4. The number of para-hydroxylation sites is 1. The highest BCUT2D eigenvalue weighted by Gasteiger charge is 2.16. The van der Waals surface area contributed by atoms with Crippen molar-refractivity contribution in [3.05, 3.63) is 83.6 Å². The van der Waals surface area contributed by atoms with Gasteiger partial charge in [-0.3, -0.25) is 4.90 Å². The molecule has 0 fully saturated rings. The van der Waals surface area contributed by atoms with Crippen molar-refractivity contribution in [2.24, 2.45) is 10.7 Å². The van der Waals surface area contributed by atoms with Crippen LogP contribution in [0.3, 0.4) is 0 Å². The van der Waals surface area contributed by atoms with Gasteiger partial charge in [0.2, 0.25) is 5.96 Å². The highest BCUT2D eigenvalue weighted by Crippen LogP contribution is 2.19. The van der Waals surface area contributed by atoms with E-state index in [0.29, 0.717) is 23.8 Å². The number of fused-ring (bicyclic) bond motifs is 1. The third-order valence-electron chi connectivity index (χ3n) is 5.08. The molecule has 2 heterocycles. The Bertz CT molecular complexity index is 1290. The molecular formula is C24H24FN7S.